The molecule has 3 unspecified atom stereocenters. The molecule has 3 atom stereocenters. The third-order valence-corrected chi connectivity index (χ3v) is 3.52. The Balaban J connectivity index is 4.39. The quantitative estimate of drug-likeness (QED) is 0.231. The van der Waals surface area contributed by atoms with Crippen molar-refractivity contribution in [3.8, 4) is 0 Å². The van der Waals surface area contributed by atoms with Crippen LogP contribution in [-0.2, 0) is 24.0 Å². The molecule has 7 N–H and O–H groups in total. The molecule has 3 amide bonds. The molecule has 0 radical (unpaired) electrons. The summed E-state index contributed by atoms with van der Waals surface area (Å²) in [4.78, 5) is 57.0. The second-order valence-electron chi connectivity index (χ2n) is 6.57. The molecule has 0 fully saturated rings. The number of carboxylic acid groups (broad SMARTS) is 2. The maximum Gasteiger partial charge on any atom is 0.326 e. The fraction of sp³-hybridized carbons (Fsp3) is 0.688. The van der Waals surface area contributed by atoms with Crippen LogP contribution >= 0.6 is 0 Å². The third kappa shape index (κ3) is 10.8. The van der Waals surface area contributed by atoms with E-state index in [0.29, 0.717) is 0 Å². The fourth-order valence-electron chi connectivity index (χ4n) is 2.05. The average molecular weight is 388 g/mol. The van der Waals surface area contributed by atoms with Gasteiger partial charge in [-0.15, -0.1) is 0 Å². The predicted molar refractivity (Wildman–Crippen MR) is 94.5 cm³/mol. The molecule has 0 aromatic rings. The summed E-state index contributed by atoms with van der Waals surface area (Å²) in [5, 5.41) is 24.5. The van der Waals surface area contributed by atoms with Crippen LogP contribution in [0.25, 0.3) is 0 Å². The summed E-state index contributed by atoms with van der Waals surface area (Å²) in [7, 11) is 0. The Labute approximate surface area is 157 Å². The zero-order valence-corrected chi connectivity index (χ0v) is 15.7. The number of nitrogens with one attached hydrogen (secondary N) is 3. The first-order valence-electron chi connectivity index (χ1n) is 8.51. The summed E-state index contributed by atoms with van der Waals surface area (Å²) < 4.78 is 0. The van der Waals surface area contributed by atoms with E-state index >= 15 is 0 Å². The van der Waals surface area contributed by atoms with Crippen LogP contribution in [0.3, 0.4) is 0 Å². The van der Waals surface area contributed by atoms with Gasteiger partial charge in [-0.1, -0.05) is 13.8 Å². The minimum absolute atomic E-state index is 0.0570. The summed E-state index contributed by atoms with van der Waals surface area (Å²) in [6, 6.07) is -3.14. The highest BCUT2D eigenvalue weighted by atomic mass is 16.4. The highest BCUT2D eigenvalue weighted by Gasteiger charge is 2.23. The van der Waals surface area contributed by atoms with Gasteiger partial charge in [0.25, 0.3) is 0 Å². The Morgan fingerprint density at radius 2 is 1.56 bits per heavy atom. The van der Waals surface area contributed by atoms with Crippen molar-refractivity contribution in [3.63, 3.8) is 0 Å². The normalized spacial score (nSPS) is 14.0. The van der Waals surface area contributed by atoms with Crippen molar-refractivity contribution in [2.75, 3.05) is 6.54 Å². The molecule has 154 valence electrons. The molecule has 0 aliphatic carbocycles. The van der Waals surface area contributed by atoms with Crippen molar-refractivity contribution in [2.24, 2.45) is 11.7 Å². The molecule has 0 rings (SSSR count). The summed E-state index contributed by atoms with van der Waals surface area (Å²) in [6.45, 7) is 4.55. The Bertz CT molecular complexity index is 565. The number of amides is 3. The minimum Gasteiger partial charge on any atom is -0.481 e. The molecule has 0 spiro atoms. The first-order valence-corrected chi connectivity index (χ1v) is 8.51. The second kappa shape index (κ2) is 11.8. The van der Waals surface area contributed by atoms with E-state index in [4.69, 9.17) is 15.9 Å². The number of nitrogens with two attached hydrogens (primary N) is 1. The molecule has 0 saturated heterocycles. The molecule has 0 heterocycles. The average Bonchev–Trinajstić information content (AvgIpc) is 2.55. The largest absolute Gasteiger partial charge is 0.481 e. The highest BCUT2D eigenvalue weighted by Crippen LogP contribution is 2.04. The van der Waals surface area contributed by atoms with Crippen molar-refractivity contribution in [1.29, 1.82) is 0 Å². The van der Waals surface area contributed by atoms with Crippen LogP contribution in [-0.4, -0.2) is 64.5 Å². The van der Waals surface area contributed by atoms with Crippen LogP contribution < -0.4 is 21.7 Å². The molecular formula is C16H28N4O7. The van der Waals surface area contributed by atoms with E-state index in [2.05, 4.69) is 16.0 Å². The number of aliphatic carboxylic acids is 2. The van der Waals surface area contributed by atoms with Crippen LogP contribution in [0.4, 0.5) is 0 Å². The molecule has 0 aromatic heterocycles. The van der Waals surface area contributed by atoms with Gasteiger partial charge in [-0.3, -0.25) is 19.2 Å². The van der Waals surface area contributed by atoms with Gasteiger partial charge in [-0.2, -0.15) is 0 Å². The SMILES string of the molecule is CC(C)CC(NC(=O)CNC(=O)C(C)NC(=O)C(N)CCC(=O)O)C(=O)O. The first kappa shape index (κ1) is 24.3. The number of carbonyl (C=O) groups excluding carboxylic acids is 3. The smallest absolute Gasteiger partial charge is 0.326 e. The lowest BCUT2D eigenvalue weighted by atomic mass is 10.0. The van der Waals surface area contributed by atoms with Gasteiger partial charge in [0, 0.05) is 6.42 Å². The van der Waals surface area contributed by atoms with Gasteiger partial charge < -0.3 is 31.9 Å². The second-order valence-corrected chi connectivity index (χ2v) is 6.57. The predicted octanol–water partition coefficient (Wildman–Crippen LogP) is -1.59. The molecular weight excluding hydrogens is 360 g/mol. The van der Waals surface area contributed by atoms with Crippen molar-refractivity contribution in [3.05, 3.63) is 0 Å². The molecule has 0 bridgehead atoms. The maximum atomic E-state index is 11.9. The summed E-state index contributed by atoms with van der Waals surface area (Å²) >= 11 is 0. The van der Waals surface area contributed by atoms with Crippen LogP contribution in [0.15, 0.2) is 0 Å². The minimum atomic E-state index is -1.17. The third-order valence-electron chi connectivity index (χ3n) is 3.52. The lowest BCUT2D eigenvalue weighted by molar-refractivity contribution is -0.142. The van der Waals surface area contributed by atoms with Crippen molar-refractivity contribution >= 4 is 29.7 Å². The Morgan fingerprint density at radius 3 is 2.04 bits per heavy atom. The summed E-state index contributed by atoms with van der Waals surface area (Å²) in [5.41, 5.74) is 5.53. The van der Waals surface area contributed by atoms with Crippen molar-refractivity contribution < 1.29 is 34.2 Å². The number of rotatable bonds is 12. The lowest BCUT2D eigenvalue weighted by Crippen LogP contribution is -2.52. The van der Waals surface area contributed by atoms with Gasteiger partial charge >= 0.3 is 11.9 Å². The standard InChI is InChI=1S/C16H28N4O7/c1-8(2)6-11(16(26)27)20-12(21)7-18-14(24)9(3)19-15(25)10(17)4-5-13(22)23/h8-11H,4-7,17H2,1-3H3,(H,18,24)(H,19,25)(H,20,21)(H,22,23)(H,26,27). The van der Waals surface area contributed by atoms with Crippen molar-refractivity contribution in [2.45, 2.75) is 58.2 Å². The van der Waals surface area contributed by atoms with Crippen LogP contribution in [0.1, 0.15) is 40.0 Å². The summed E-state index contributed by atoms with van der Waals surface area (Å²) in [6.07, 6.45) is -0.115. The zero-order chi connectivity index (χ0) is 21.1. The van der Waals surface area contributed by atoms with E-state index in [1.807, 2.05) is 13.8 Å². The fourth-order valence-corrected chi connectivity index (χ4v) is 2.05. The molecule has 11 nitrogen and oxygen atoms in total. The molecule has 11 heteroatoms. The van der Waals surface area contributed by atoms with Gasteiger partial charge in [0.1, 0.15) is 12.1 Å². The number of carbonyl (C=O) groups is 5. The van der Waals surface area contributed by atoms with Crippen LogP contribution in [0, 0.1) is 5.92 Å². The van der Waals surface area contributed by atoms with E-state index < -0.39 is 54.3 Å². The number of hydrogen-bond donors (Lipinski definition) is 6. The number of carboxylic acids is 2. The van der Waals surface area contributed by atoms with E-state index in [0.717, 1.165) is 0 Å². The highest BCUT2D eigenvalue weighted by molar-refractivity contribution is 5.92. The Morgan fingerprint density at radius 1 is 0.963 bits per heavy atom. The van der Waals surface area contributed by atoms with E-state index in [1.54, 1.807) is 0 Å². The Kier molecular flexibility index (Phi) is 10.7. The van der Waals surface area contributed by atoms with E-state index in [-0.39, 0.29) is 25.2 Å². The van der Waals surface area contributed by atoms with Gasteiger partial charge in [0.05, 0.1) is 12.6 Å². The number of hydrogen-bond acceptors (Lipinski definition) is 6. The van der Waals surface area contributed by atoms with Crippen molar-refractivity contribution in [1.82, 2.24) is 16.0 Å². The molecule has 27 heavy (non-hydrogen) atoms. The molecule has 0 aliphatic rings. The maximum absolute atomic E-state index is 11.9. The van der Waals surface area contributed by atoms with Crippen LogP contribution in [0.5, 0.6) is 0 Å². The lowest BCUT2D eigenvalue weighted by Gasteiger charge is -2.18. The van der Waals surface area contributed by atoms with Crippen LogP contribution in [0.2, 0.25) is 0 Å². The van der Waals surface area contributed by atoms with Gasteiger partial charge in [0.15, 0.2) is 0 Å². The Hall–Kier alpha value is -2.69. The van der Waals surface area contributed by atoms with Gasteiger partial charge in [-0.05, 0) is 25.7 Å². The zero-order valence-electron chi connectivity index (χ0n) is 15.7. The van der Waals surface area contributed by atoms with Gasteiger partial charge in [-0.25, -0.2) is 4.79 Å². The summed E-state index contributed by atoms with van der Waals surface area (Å²) in [5.74, 6) is -4.23. The van der Waals surface area contributed by atoms with E-state index in [1.165, 1.54) is 6.92 Å². The first-order chi connectivity index (χ1) is 12.4. The monoisotopic (exact) mass is 388 g/mol. The molecule has 0 aromatic carbocycles. The van der Waals surface area contributed by atoms with Gasteiger partial charge in [0.2, 0.25) is 17.7 Å². The molecule has 0 aliphatic heterocycles. The van der Waals surface area contributed by atoms with E-state index in [9.17, 15) is 24.0 Å². The molecule has 0 saturated carbocycles. The topological polar surface area (TPSA) is 188 Å².